The van der Waals surface area contributed by atoms with Crippen molar-refractivity contribution in [2.45, 2.75) is 0 Å². The average molecular weight is 444 g/mol. The molecule has 15 nitrogen and oxygen atoms in total. The van der Waals surface area contributed by atoms with Gasteiger partial charge in [-0.25, -0.2) is 0 Å². The van der Waals surface area contributed by atoms with Crippen LogP contribution < -0.4 is 0 Å². The number of hydrogen-bond donors (Lipinski definition) is 10. The van der Waals surface area contributed by atoms with Gasteiger partial charge in [0.05, 0.1) is 0 Å². The average Bonchev–Trinajstić information content (AvgIpc) is 1.94. The van der Waals surface area contributed by atoms with Gasteiger partial charge in [-0.15, -0.1) is 0 Å². The van der Waals surface area contributed by atoms with Crippen molar-refractivity contribution in [3.05, 3.63) is 0 Å². The van der Waals surface area contributed by atoms with Crippen LogP contribution in [-0.2, 0) is 22.3 Å². The zero-order valence-electron chi connectivity index (χ0n) is 9.01. The molecule has 0 radical (unpaired) electrons. The first-order valence-electron chi connectivity index (χ1n) is 3.26. The van der Waals surface area contributed by atoms with E-state index in [-0.39, 0.29) is 46.9 Å². The van der Waals surface area contributed by atoms with E-state index in [0.29, 0.717) is 0 Å². The monoisotopic (exact) mass is 444 g/mol. The third-order valence-electron chi connectivity index (χ3n) is 0. The Bertz CT molecular complexity index is 213. The second-order valence-electron chi connectivity index (χ2n) is 1.41. The van der Waals surface area contributed by atoms with Crippen LogP contribution in [-0.4, -0.2) is 141 Å². The molecule has 0 aromatic heterocycles. The van der Waals surface area contributed by atoms with Crippen molar-refractivity contribution in [1.82, 2.24) is 0 Å². The molecule has 22 heavy (non-hydrogen) atoms. The third-order valence-corrected chi connectivity index (χ3v) is 0. The first-order chi connectivity index (χ1) is 8.66. The zero-order chi connectivity index (χ0) is 17.9. The van der Waals surface area contributed by atoms with E-state index in [1.807, 2.05) is 0 Å². The fraction of sp³-hybridized carbons (Fsp3) is 0. The molecular weight excluding hydrogens is 430 g/mol. The van der Waals surface area contributed by atoms with Gasteiger partial charge in [0.1, 0.15) is 0 Å². The molecule has 0 heterocycles. The summed E-state index contributed by atoms with van der Waals surface area (Å²) in [5.74, 6) is 0. The molecule has 10 N–H and O–H groups in total. The van der Waals surface area contributed by atoms with E-state index >= 15 is 0 Å². The summed E-state index contributed by atoms with van der Waals surface area (Å²) >= 11 is 0. The Morgan fingerprint density at radius 1 is 0.364 bits per heavy atom. The van der Waals surface area contributed by atoms with Crippen LogP contribution in [0.4, 0.5) is 0 Å². The molecule has 22 heteroatoms. The fourth-order valence-electron chi connectivity index (χ4n) is 0. The summed E-state index contributed by atoms with van der Waals surface area (Å²) < 4.78 is 43.7. The third kappa shape index (κ3) is 46300. The quantitative estimate of drug-likeness (QED) is 0.155. The molecule has 0 atom stereocenters. The molecule has 0 rings (SSSR count). The molecule has 0 saturated carbocycles. The van der Waals surface area contributed by atoms with Gasteiger partial charge in [-0.1, -0.05) is 0 Å². The van der Waals surface area contributed by atoms with Crippen molar-refractivity contribution < 1.29 is 70.3 Å². The zero-order valence-corrected chi connectivity index (χ0v) is 14.0. The van der Waals surface area contributed by atoms with Gasteiger partial charge in [0.25, 0.3) is 0 Å². The Morgan fingerprint density at radius 2 is 0.364 bits per heavy atom. The van der Waals surface area contributed by atoms with Crippen LogP contribution in [0.1, 0.15) is 0 Å². The summed E-state index contributed by atoms with van der Waals surface area (Å²) in [6, 6.07) is 0. The van der Waals surface area contributed by atoms with Crippen LogP contribution in [0.5, 0.6) is 0 Å². The van der Waals surface area contributed by atoms with E-state index in [2.05, 4.69) is 0 Å². The van der Waals surface area contributed by atoms with E-state index in [1.165, 1.54) is 0 Å². The SMILES string of the molecule is O=[Si](O)O.O=[Si](O)O.O=[Si](O)O.O=[Si](O)O.O=[Si](O)O.[AlH3].[NaH]. The van der Waals surface area contributed by atoms with E-state index in [4.69, 9.17) is 70.3 Å². The predicted octanol–water partition coefficient (Wildman–Crippen LogP) is -9.90. The van der Waals surface area contributed by atoms with E-state index in [1.54, 1.807) is 0 Å². The molecule has 0 saturated heterocycles. The molecule has 0 aliphatic heterocycles. The molecule has 0 aliphatic carbocycles. The Kier molecular flexibility index (Phi) is 72.6. The maximum absolute atomic E-state index is 8.74. The first-order valence-corrected chi connectivity index (χ1v) is 9.77. The molecule has 0 bridgehead atoms. The second-order valence-corrected chi connectivity index (χ2v) is 4.24. The van der Waals surface area contributed by atoms with Gasteiger partial charge in [-0.3, -0.25) is 22.3 Å². The minimum absolute atomic E-state index is 0. The van der Waals surface area contributed by atoms with Crippen molar-refractivity contribution >= 4 is 92.8 Å². The van der Waals surface area contributed by atoms with Gasteiger partial charge in [0.15, 0.2) is 17.4 Å². The van der Waals surface area contributed by atoms with Crippen LogP contribution in [0.25, 0.3) is 0 Å². The number of hydrogen-bond acceptors (Lipinski definition) is 5. The van der Waals surface area contributed by atoms with Crippen molar-refractivity contribution in [3.63, 3.8) is 0 Å². The van der Waals surface area contributed by atoms with Gasteiger partial charge in [0.2, 0.25) is 0 Å². The van der Waals surface area contributed by atoms with Gasteiger partial charge in [-0.05, 0) is 0 Å². The molecule has 0 amide bonds. The Hall–Kier alpha value is -0.383. The summed E-state index contributed by atoms with van der Waals surface area (Å²) in [4.78, 5) is 71.6. The van der Waals surface area contributed by atoms with Gasteiger partial charge >= 0.3 is 75.4 Å². The molecule has 128 valence electrons. The van der Waals surface area contributed by atoms with Gasteiger partial charge < -0.3 is 48.0 Å². The molecule has 0 unspecified atom stereocenters. The normalized spacial score (nSPS) is 5.45. The van der Waals surface area contributed by atoms with Crippen molar-refractivity contribution in [2.24, 2.45) is 0 Å². The maximum atomic E-state index is 8.74. The Labute approximate surface area is 162 Å². The molecule has 0 aromatic rings. The standard InChI is InChI=1S/Al.Na.5H2O3Si.4H/c;;5*1-4(2)3;;;;/h;;5*1-2H;;;;. The minimum atomic E-state index is -3.13. The molecule has 0 spiro atoms. The summed E-state index contributed by atoms with van der Waals surface area (Å²) in [5.41, 5.74) is 0. The van der Waals surface area contributed by atoms with Gasteiger partial charge in [0, 0.05) is 0 Å². The Morgan fingerprint density at radius 3 is 0.364 bits per heavy atom. The van der Waals surface area contributed by atoms with Crippen molar-refractivity contribution in [2.75, 3.05) is 0 Å². The first kappa shape index (κ1) is 43.0. The van der Waals surface area contributed by atoms with Crippen molar-refractivity contribution in [1.29, 1.82) is 0 Å². The Balaban J connectivity index is -0.0000000250. The van der Waals surface area contributed by atoms with E-state index in [0.717, 1.165) is 0 Å². The van der Waals surface area contributed by atoms with Crippen LogP contribution in [0.15, 0.2) is 0 Å². The summed E-state index contributed by atoms with van der Waals surface area (Å²) in [5, 5.41) is 0. The van der Waals surface area contributed by atoms with E-state index in [9.17, 15) is 0 Å². The van der Waals surface area contributed by atoms with E-state index < -0.39 is 45.9 Å². The summed E-state index contributed by atoms with van der Waals surface area (Å²) in [6.07, 6.45) is 0. The van der Waals surface area contributed by atoms with Gasteiger partial charge in [-0.2, -0.15) is 0 Å². The predicted molar refractivity (Wildman–Crippen MR) is 71.5 cm³/mol. The van der Waals surface area contributed by atoms with Crippen LogP contribution >= 0.6 is 0 Å². The fourth-order valence-corrected chi connectivity index (χ4v) is 0. The summed E-state index contributed by atoms with van der Waals surface area (Å²) in [7, 11) is -15.6. The second kappa shape index (κ2) is 37.1. The molecule has 0 aliphatic rings. The topological polar surface area (TPSA) is 288 Å². The van der Waals surface area contributed by atoms with Crippen LogP contribution in [0.2, 0.25) is 0 Å². The molecule has 0 fully saturated rings. The van der Waals surface area contributed by atoms with Crippen molar-refractivity contribution in [3.8, 4) is 0 Å². The molecule has 0 aromatic carbocycles. The van der Waals surface area contributed by atoms with Crippen LogP contribution in [0, 0.1) is 0 Å². The van der Waals surface area contributed by atoms with Crippen LogP contribution in [0.3, 0.4) is 0 Å². The number of rotatable bonds is 0. The summed E-state index contributed by atoms with van der Waals surface area (Å²) in [6.45, 7) is 0. The molecular formula is H14AlNaO15Si5.